The lowest BCUT2D eigenvalue weighted by atomic mass is 10.2. The van der Waals surface area contributed by atoms with E-state index >= 15 is 0 Å². The van der Waals surface area contributed by atoms with Crippen LogP contribution in [0.3, 0.4) is 0 Å². The number of carboxylic acids is 1. The number of amides is 1. The molecule has 1 amide bonds. The van der Waals surface area contributed by atoms with Crippen molar-refractivity contribution in [2.75, 3.05) is 6.54 Å². The average Bonchev–Trinajstić information content (AvgIpc) is 3.04. The van der Waals surface area contributed by atoms with E-state index in [0.717, 1.165) is 0 Å². The third kappa shape index (κ3) is 4.60. The number of aromatic nitrogens is 1. The zero-order valence-electron chi connectivity index (χ0n) is 13.7. The first kappa shape index (κ1) is 18.5. The van der Waals surface area contributed by atoms with Gasteiger partial charge in [-0.2, -0.15) is 0 Å². The van der Waals surface area contributed by atoms with Gasteiger partial charge in [0.25, 0.3) is 11.6 Å². The molecule has 0 aliphatic heterocycles. The molecule has 1 aromatic carbocycles. The van der Waals surface area contributed by atoms with Crippen molar-refractivity contribution in [3.8, 4) is 10.6 Å². The Labute approximate surface area is 147 Å². The quantitative estimate of drug-likeness (QED) is 0.597. The van der Waals surface area contributed by atoms with Crippen LogP contribution in [0.25, 0.3) is 10.6 Å². The molecule has 0 aliphatic rings. The van der Waals surface area contributed by atoms with E-state index in [1.165, 1.54) is 28.4 Å². The molecule has 0 aliphatic carbocycles. The van der Waals surface area contributed by atoms with Gasteiger partial charge in [0.1, 0.15) is 10.7 Å². The Hall–Kier alpha value is -2.81. The number of carbonyl (C=O) groups excluding carboxylic acids is 1. The summed E-state index contributed by atoms with van der Waals surface area (Å²) in [5, 5.41) is 21.8. The fourth-order valence-electron chi connectivity index (χ4n) is 2.21. The molecular weight excluding hydrogens is 346 g/mol. The number of nitrogens with zero attached hydrogens (tertiary/aromatic N) is 3. The lowest BCUT2D eigenvalue weighted by Gasteiger charge is -2.25. The number of rotatable bonds is 7. The van der Waals surface area contributed by atoms with Crippen molar-refractivity contribution < 1.29 is 19.6 Å². The molecule has 9 heteroatoms. The van der Waals surface area contributed by atoms with Gasteiger partial charge in [-0.05, 0) is 13.8 Å². The highest BCUT2D eigenvalue weighted by molar-refractivity contribution is 7.13. The fraction of sp³-hybridized carbons (Fsp3) is 0.312. The van der Waals surface area contributed by atoms with Crippen LogP contribution >= 0.6 is 11.3 Å². The summed E-state index contributed by atoms with van der Waals surface area (Å²) < 4.78 is 0. The van der Waals surface area contributed by atoms with E-state index in [9.17, 15) is 19.7 Å². The van der Waals surface area contributed by atoms with Crippen LogP contribution < -0.4 is 0 Å². The van der Waals surface area contributed by atoms with Crippen LogP contribution in [0.2, 0.25) is 0 Å². The van der Waals surface area contributed by atoms with E-state index < -0.39 is 10.9 Å². The maximum Gasteiger partial charge on any atom is 0.305 e. The largest absolute Gasteiger partial charge is 0.481 e. The summed E-state index contributed by atoms with van der Waals surface area (Å²) in [7, 11) is 0. The lowest BCUT2D eigenvalue weighted by Crippen LogP contribution is -2.38. The van der Waals surface area contributed by atoms with Gasteiger partial charge in [0.05, 0.1) is 11.3 Å². The molecule has 0 saturated carbocycles. The smallest absolute Gasteiger partial charge is 0.305 e. The Morgan fingerprint density at radius 2 is 2.12 bits per heavy atom. The second kappa shape index (κ2) is 7.84. The Bertz CT molecular complexity index is 803. The summed E-state index contributed by atoms with van der Waals surface area (Å²) in [6.45, 7) is 3.69. The van der Waals surface area contributed by atoms with Crippen LogP contribution in [0.4, 0.5) is 5.69 Å². The summed E-state index contributed by atoms with van der Waals surface area (Å²) >= 11 is 1.21. The van der Waals surface area contributed by atoms with E-state index in [0.29, 0.717) is 10.6 Å². The number of carbonyl (C=O) groups is 2. The number of benzene rings is 1. The van der Waals surface area contributed by atoms with Crippen LogP contribution in [0.15, 0.2) is 29.6 Å². The molecule has 0 spiro atoms. The van der Waals surface area contributed by atoms with Gasteiger partial charge in [0.2, 0.25) is 0 Å². The molecule has 8 nitrogen and oxygen atoms in total. The second-order valence-electron chi connectivity index (χ2n) is 5.58. The Kier molecular flexibility index (Phi) is 5.81. The van der Waals surface area contributed by atoms with Crippen molar-refractivity contribution >= 4 is 28.9 Å². The normalized spacial score (nSPS) is 10.7. The molecule has 2 aromatic rings. The zero-order chi connectivity index (χ0) is 18.6. The lowest BCUT2D eigenvalue weighted by molar-refractivity contribution is -0.384. The van der Waals surface area contributed by atoms with Gasteiger partial charge in [-0.25, -0.2) is 4.98 Å². The van der Waals surface area contributed by atoms with Gasteiger partial charge in [-0.15, -0.1) is 11.3 Å². The molecular formula is C16H17N3O5S. The molecule has 1 heterocycles. The van der Waals surface area contributed by atoms with Crippen molar-refractivity contribution in [3.63, 3.8) is 0 Å². The van der Waals surface area contributed by atoms with E-state index in [2.05, 4.69) is 4.98 Å². The van der Waals surface area contributed by atoms with E-state index in [4.69, 9.17) is 5.11 Å². The third-order valence-corrected chi connectivity index (χ3v) is 4.37. The number of hydrogen-bond acceptors (Lipinski definition) is 6. The van der Waals surface area contributed by atoms with Gasteiger partial charge in [-0.1, -0.05) is 12.1 Å². The minimum absolute atomic E-state index is 0.0501. The van der Waals surface area contributed by atoms with Crippen LogP contribution in [-0.4, -0.2) is 44.4 Å². The van der Waals surface area contributed by atoms with Crippen LogP contribution in [-0.2, 0) is 4.79 Å². The van der Waals surface area contributed by atoms with Crippen LogP contribution in [0.5, 0.6) is 0 Å². The first-order valence-corrected chi connectivity index (χ1v) is 8.40. The van der Waals surface area contributed by atoms with Crippen molar-refractivity contribution in [1.82, 2.24) is 9.88 Å². The van der Waals surface area contributed by atoms with Crippen LogP contribution in [0, 0.1) is 10.1 Å². The predicted molar refractivity (Wildman–Crippen MR) is 92.6 cm³/mol. The fourth-order valence-corrected chi connectivity index (χ4v) is 3.01. The first-order chi connectivity index (χ1) is 11.8. The number of aliphatic carboxylic acids is 1. The molecule has 0 radical (unpaired) electrons. The summed E-state index contributed by atoms with van der Waals surface area (Å²) in [6, 6.07) is 5.86. The van der Waals surface area contributed by atoms with Crippen molar-refractivity contribution in [2.45, 2.75) is 26.3 Å². The molecule has 0 fully saturated rings. The number of hydrogen-bond donors (Lipinski definition) is 1. The summed E-state index contributed by atoms with van der Waals surface area (Å²) in [5.41, 5.74) is 0.705. The second-order valence-corrected chi connectivity index (χ2v) is 6.44. The molecule has 0 bridgehead atoms. The van der Waals surface area contributed by atoms with E-state index in [-0.39, 0.29) is 36.3 Å². The van der Waals surface area contributed by atoms with Gasteiger partial charge < -0.3 is 10.0 Å². The number of nitro groups is 1. The highest BCUT2D eigenvalue weighted by atomic mass is 32.1. The molecule has 0 saturated heterocycles. The third-order valence-electron chi connectivity index (χ3n) is 3.48. The maximum absolute atomic E-state index is 12.6. The van der Waals surface area contributed by atoms with Gasteiger partial charge in [-0.3, -0.25) is 19.7 Å². The standard InChI is InChI=1S/C16H17N3O5S/c1-10(2)18(7-6-14(20)21)16(22)13-9-25-15(17-13)11-4-3-5-12(8-11)19(23)24/h3-5,8-10H,6-7H2,1-2H3,(H,20,21). The summed E-state index contributed by atoms with van der Waals surface area (Å²) in [4.78, 5) is 39.4. The summed E-state index contributed by atoms with van der Waals surface area (Å²) in [6.07, 6.45) is -0.147. The predicted octanol–water partition coefficient (Wildman–Crippen LogP) is 3.04. The van der Waals surface area contributed by atoms with Crippen LogP contribution in [0.1, 0.15) is 30.8 Å². The maximum atomic E-state index is 12.6. The molecule has 1 N–H and O–H groups in total. The van der Waals surface area contributed by atoms with E-state index in [1.807, 2.05) is 0 Å². The minimum Gasteiger partial charge on any atom is -0.481 e. The Morgan fingerprint density at radius 3 is 2.72 bits per heavy atom. The number of carboxylic acid groups (broad SMARTS) is 1. The number of non-ortho nitro benzene ring substituents is 1. The molecule has 0 atom stereocenters. The highest BCUT2D eigenvalue weighted by Gasteiger charge is 2.22. The highest BCUT2D eigenvalue weighted by Crippen LogP contribution is 2.27. The van der Waals surface area contributed by atoms with Gasteiger partial charge >= 0.3 is 5.97 Å². The topological polar surface area (TPSA) is 114 Å². The van der Waals surface area contributed by atoms with Crippen molar-refractivity contribution in [2.24, 2.45) is 0 Å². The number of nitro benzene ring substituents is 1. The Morgan fingerprint density at radius 1 is 1.40 bits per heavy atom. The SMILES string of the molecule is CC(C)N(CCC(=O)O)C(=O)c1csc(-c2cccc([N+](=O)[O-])c2)n1. The monoisotopic (exact) mass is 363 g/mol. The van der Waals surface area contributed by atoms with Gasteiger partial charge in [0, 0.05) is 35.7 Å². The van der Waals surface area contributed by atoms with Crippen molar-refractivity contribution in [1.29, 1.82) is 0 Å². The molecule has 1 aromatic heterocycles. The minimum atomic E-state index is -0.978. The summed E-state index contributed by atoms with van der Waals surface area (Å²) in [5.74, 6) is -1.34. The molecule has 25 heavy (non-hydrogen) atoms. The molecule has 132 valence electrons. The molecule has 0 unspecified atom stereocenters. The Balaban J connectivity index is 2.24. The van der Waals surface area contributed by atoms with E-state index in [1.54, 1.807) is 31.4 Å². The zero-order valence-corrected chi connectivity index (χ0v) is 14.5. The first-order valence-electron chi connectivity index (χ1n) is 7.52. The molecule has 2 rings (SSSR count). The van der Waals surface area contributed by atoms with Gasteiger partial charge in [0.15, 0.2) is 0 Å². The average molecular weight is 363 g/mol. The number of thiazole rings is 1. The van der Waals surface area contributed by atoms with Crippen molar-refractivity contribution in [3.05, 3.63) is 45.5 Å².